The van der Waals surface area contributed by atoms with Gasteiger partial charge in [0.2, 0.25) is 0 Å². The second-order valence-electron chi connectivity index (χ2n) is 6.57. The molecule has 1 aliphatic carbocycles. The van der Waals surface area contributed by atoms with E-state index in [4.69, 9.17) is 5.73 Å². The third kappa shape index (κ3) is 4.70. The van der Waals surface area contributed by atoms with Crippen molar-refractivity contribution >= 4 is 29.7 Å². The fraction of sp³-hybridized carbons (Fsp3) is 0.412. The minimum atomic E-state index is -0.261. The molecule has 0 spiro atoms. The van der Waals surface area contributed by atoms with Crippen molar-refractivity contribution in [3.63, 3.8) is 0 Å². The standard InChI is InChI=1S/C17H20N8OS.ClH/c18-11-1-3-13(4-2-11)25-9-15(23-24-25)16(26)21-7-12-10-27-17(22-12)14-8-19-5-6-20-14;/h5-6,8-11,13H,1-4,7,18H2,(H,21,26);1H. The molecule has 0 radical (unpaired) electrons. The van der Waals surface area contributed by atoms with Crippen LogP contribution in [0.5, 0.6) is 0 Å². The van der Waals surface area contributed by atoms with Gasteiger partial charge in [-0.25, -0.2) is 9.67 Å². The number of thiazole rings is 1. The molecule has 3 heterocycles. The Kier molecular flexibility index (Phi) is 6.65. The van der Waals surface area contributed by atoms with Crippen LogP contribution in [0.15, 0.2) is 30.2 Å². The molecule has 9 nitrogen and oxygen atoms in total. The van der Waals surface area contributed by atoms with Gasteiger partial charge in [0.05, 0.1) is 30.7 Å². The zero-order valence-corrected chi connectivity index (χ0v) is 16.7. The Bertz CT molecular complexity index is 907. The molecule has 3 aromatic heterocycles. The highest BCUT2D eigenvalue weighted by atomic mass is 35.5. The summed E-state index contributed by atoms with van der Waals surface area (Å²) in [5.41, 5.74) is 7.74. The van der Waals surface area contributed by atoms with Gasteiger partial charge >= 0.3 is 0 Å². The highest BCUT2D eigenvalue weighted by molar-refractivity contribution is 7.13. The maximum Gasteiger partial charge on any atom is 0.273 e. The molecule has 1 aliphatic rings. The SMILES string of the molecule is Cl.NC1CCC(n2cc(C(=O)NCc3csc(-c4cnccn4)n3)nn2)CC1. The minimum absolute atomic E-state index is 0. The van der Waals surface area contributed by atoms with Gasteiger partial charge in [0.25, 0.3) is 5.91 Å². The summed E-state index contributed by atoms with van der Waals surface area (Å²) in [4.78, 5) is 25.1. The van der Waals surface area contributed by atoms with E-state index in [-0.39, 0.29) is 30.4 Å². The molecule has 0 bridgehead atoms. The molecule has 1 fully saturated rings. The number of hydrogen-bond acceptors (Lipinski definition) is 8. The number of carbonyl (C=O) groups excluding carboxylic acids is 1. The molecule has 1 saturated carbocycles. The third-order valence-corrected chi connectivity index (χ3v) is 5.54. The number of nitrogens with one attached hydrogen (secondary N) is 1. The maximum absolute atomic E-state index is 12.3. The summed E-state index contributed by atoms with van der Waals surface area (Å²) in [5.74, 6) is -0.261. The van der Waals surface area contributed by atoms with Crippen molar-refractivity contribution in [3.8, 4) is 10.7 Å². The minimum Gasteiger partial charge on any atom is -0.345 e. The number of aromatic nitrogens is 6. The van der Waals surface area contributed by atoms with E-state index in [2.05, 4.69) is 30.6 Å². The van der Waals surface area contributed by atoms with E-state index in [0.717, 1.165) is 42.1 Å². The van der Waals surface area contributed by atoms with Crippen LogP contribution < -0.4 is 11.1 Å². The molecule has 28 heavy (non-hydrogen) atoms. The molecule has 148 valence electrons. The van der Waals surface area contributed by atoms with Crippen LogP contribution in [-0.2, 0) is 6.54 Å². The predicted octanol–water partition coefficient (Wildman–Crippen LogP) is 1.99. The molecule has 0 unspecified atom stereocenters. The summed E-state index contributed by atoms with van der Waals surface area (Å²) in [7, 11) is 0. The normalized spacial score (nSPS) is 19.0. The van der Waals surface area contributed by atoms with Crippen LogP contribution in [0.1, 0.15) is 47.9 Å². The zero-order valence-electron chi connectivity index (χ0n) is 15.1. The largest absolute Gasteiger partial charge is 0.345 e. The second kappa shape index (κ2) is 9.18. The summed E-state index contributed by atoms with van der Waals surface area (Å²) in [5, 5.41) is 13.6. The van der Waals surface area contributed by atoms with Gasteiger partial charge in [-0.1, -0.05) is 5.21 Å². The molecule has 0 saturated heterocycles. The Labute approximate surface area is 172 Å². The van der Waals surface area contributed by atoms with Crippen molar-refractivity contribution in [2.45, 2.75) is 44.3 Å². The number of carbonyl (C=O) groups is 1. The van der Waals surface area contributed by atoms with E-state index in [1.54, 1.807) is 29.5 Å². The first kappa shape index (κ1) is 20.3. The van der Waals surface area contributed by atoms with Gasteiger partial charge in [0, 0.05) is 23.8 Å². The van der Waals surface area contributed by atoms with Gasteiger partial charge in [-0.15, -0.1) is 28.8 Å². The predicted molar refractivity (Wildman–Crippen MR) is 107 cm³/mol. The Morgan fingerprint density at radius 1 is 1.29 bits per heavy atom. The Balaban J connectivity index is 0.00000225. The van der Waals surface area contributed by atoms with Crippen LogP contribution in [0.25, 0.3) is 10.7 Å². The summed E-state index contributed by atoms with van der Waals surface area (Å²) in [6.45, 7) is 0.320. The van der Waals surface area contributed by atoms with Crippen molar-refractivity contribution in [2.75, 3.05) is 0 Å². The van der Waals surface area contributed by atoms with Crippen LogP contribution in [0, 0.1) is 0 Å². The van der Waals surface area contributed by atoms with Crippen LogP contribution >= 0.6 is 23.7 Å². The first-order valence-electron chi connectivity index (χ1n) is 8.85. The Morgan fingerprint density at radius 2 is 2.11 bits per heavy atom. The van der Waals surface area contributed by atoms with Crippen LogP contribution in [0.4, 0.5) is 0 Å². The third-order valence-electron chi connectivity index (χ3n) is 4.62. The first-order chi connectivity index (χ1) is 13.2. The average molecular weight is 421 g/mol. The first-order valence-corrected chi connectivity index (χ1v) is 9.73. The molecule has 3 N–H and O–H groups in total. The smallest absolute Gasteiger partial charge is 0.273 e. The lowest BCUT2D eigenvalue weighted by atomic mass is 9.92. The van der Waals surface area contributed by atoms with Crippen molar-refractivity contribution in [3.05, 3.63) is 41.6 Å². The lowest BCUT2D eigenvalue weighted by Gasteiger charge is -2.25. The number of amides is 1. The molecule has 0 atom stereocenters. The van der Waals surface area contributed by atoms with E-state index in [1.165, 1.54) is 11.3 Å². The fourth-order valence-electron chi connectivity index (χ4n) is 3.10. The lowest BCUT2D eigenvalue weighted by molar-refractivity contribution is 0.0945. The number of halogens is 1. The van der Waals surface area contributed by atoms with E-state index in [1.807, 2.05) is 5.38 Å². The summed E-state index contributed by atoms with van der Waals surface area (Å²) in [6.07, 6.45) is 10.5. The number of hydrogen-bond donors (Lipinski definition) is 2. The highest BCUT2D eigenvalue weighted by Gasteiger charge is 2.22. The van der Waals surface area contributed by atoms with E-state index in [0.29, 0.717) is 12.2 Å². The fourth-order valence-corrected chi connectivity index (χ4v) is 3.88. The average Bonchev–Trinajstić information content (AvgIpc) is 3.37. The molecule has 0 aromatic carbocycles. The summed E-state index contributed by atoms with van der Waals surface area (Å²) in [6, 6.07) is 0.546. The van der Waals surface area contributed by atoms with E-state index < -0.39 is 0 Å². The molecular formula is C17H21ClN8OS. The van der Waals surface area contributed by atoms with Gasteiger partial charge in [-0.3, -0.25) is 14.8 Å². The number of nitrogens with zero attached hydrogens (tertiary/aromatic N) is 6. The molecular weight excluding hydrogens is 400 g/mol. The summed E-state index contributed by atoms with van der Waals surface area (Å²) >= 11 is 1.47. The van der Waals surface area contributed by atoms with Gasteiger partial charge in [-0.05, 0) is 25.7 Å². The maximum atomic E-state index is 12.3. The second-order valence-corrected chi connectivity index (χ2v) is 7.43. The molecule has 11 heteroatoms. The van der Waals surface area contributed by atoms with Crippen LogP contribution in [0.2, 0.25) is 0 Å². The van der Waals surface area contributed by atoms with Crippen LogP contribution in [-0.4, -0.2) is 41.9 Å². The van der Waals surface area contributed by atoms with Gasteiger partial charge in [-0.2, -0.15) is 0 Å². The van der Waals surface area contributed by atoms with E-state index in [9.17, 15) is 4.79 Å². The number of rotatable bonds is 5. The Morgan fingerprint density at radius 3 is 2.86 bits per heavy atom. The molecule has 0 aliphatic heterocycles. The van der Waals surface area contributed by atoms with Gasteiger partial charge in [0.1, 0.15) is 10.7 Å². The van der Waals surface area contributed by atoms with Crippen molar-refractivity contribution in [2.24, 2.45) is 5.73 Å². The molecule has 4 rings (SSSR count). The van der Waals surface area contributed by atoms with Gasteiger partial charge in [0.15, 0.2) is 5.69 Å². The molecule has 1 amide bonds. The quantitative estimate of drug-likeness (QED) is 0.646. The molecule has 3 aromatic rings. The van der Waals surface area contributed by atoms with Crippen molar-refractivity contribution in [1.82, 2.24) is 35.3 Å². The van der Waals surface area contributed by atoms with Crippen molar-refractivity contribution < 1.29 is 4.79 Å². The topological polar surface area (TPSA) is 124 Å². The Hall–Kier alpha value is -2.43. The van der Waals surface area contributed by atoms with Crippen molar-refractivity contribution in [1.29, 1.82) is 0 Å². The lowest BCUT2D eigenvalue weighted by Crippen LogP contribution is -2.28. The van der Waals surface area contributed by atoms with Gasteiger partial charge < -0.3 is 11.1 Å². The summed E-state index contributed by atoms with van der Waals surface area (Å²) < 4.78 is 1.79. The highest BCUT2D eigenvalue weighted by Crippen LogP contribution is 2.26. The zero-order chi connectivity index (χ0) is 18.6. The van der Waals surface area contributed by atoms with Crippen LogP contribution in [0.3, 0.4) is 0 Å². The van der Waals surface area contributed by atoms with E-state index >= 15 is 0 Å². The monoisotopic (exact) mass is 420 g/mol. The number of nitrogens with two attached hydrogens (primary N) is 1.